The number of amides is 9. The van der Waals surface area contributed by atoms with Crippen LogP contribution in [0.5, 0.6) is 0 Å². The molecular weight excluding hydrogens is 907 g/mol. The molecule has 23 nitrogen and oxygen atoms in total. The fraction of sp³-hybridized carbons (Fsp3) is 0.574. The number of aromatic nitrogens is 3. The van der Waals surface area contributed by atoms with Crippen LogP contribution in [0, 0.1) is 17.8 Å². The highest BCUT2D eigenvalue weighted by Gasteiger charge is 2.33. The van der Waals surface area contributed by atoms with Gasteiger partial charge in [0.25, 0.3) is 0 Å². The van der Waals surface area contributed by atoms with E-state index in [2.05, 4.69) is 47.2 Å². The number of carbonyl (C=O) groups excluding carboxylic acids is 9. The minimum absolute atomic E-state index is 0.0000600. The minimum atomic E-state index is -1.39. The van der Waals surface area contributed by atoms with E-state index in [0.717, 1.165) is 10.9 Å². The number of primary amides is 2. The monoisotopic (exact) mass is 980 g/mol. The fourth-order valence-electron chi connectivity index (χ4n) is 7.56. The smallest absolute Gasteiger partial charge is 0.243 e. The molecule has 0 saturated carbocycles. The first-order chi connectivity index (χ1) is 32.9. The molecule has 0 aliphatic heterocycles. The van der Waals surface area contributed by atoms with Crippen molar-refractivity contribution in [2.75, 3.05) is 6.54 Å². The van der Waals surface area contributed by atoms with Crippen molar-refractivity contribution in [3.05, 3.63) is 54.2 Å². The molecule has 0 spiro atoms. The van der Waals surface area contributed by atoms with Gasteiger partial charge in [-0.3, -0.25) is 43.2 Å². The summed E-state index contributed by atoms with van der Waals surface area (Å²) in [5.74, 6) is -6.95. The third kappa shape index (κ3) is 18.6. The second-order valence-electron chi connectivity index (χ2n) is 18.9. The van der Waals surface area contributed by atoms with Crippen molar-refractivity contribution in [1.29, 1.82) is 0 Å². The number of nitrogens with zero attached hydrogens (tertiary/aromatic N) is 2. The highest BCUT2D eigenvalue weighted by Crippen LogP contribution is 2.20. The summed E-state index contributed by atoms with van der Waals surface area (Å²) < 4.78 is 1.65. The largest absolute Gasteiger partial charge is 0.390 e. The number of aryl methyl sites for hydroxylation is 1. The highest BCUT2D eigenvalue weighted by atomic mass is 16.3. The molecule has 3 aromatic rings. The molecule has 23 heteroatoms. The van der Waals surface area contributed by atoms with Gasteiger partial charge in [0.2, 0.25) is 53.2 Å². The molecule has 15 N–H and O–H groups in total. The predicted octanol–water partition coefficient (Wildman–Crippen LogP) is -1.69. The zero-order valence-electron chi connectivity index (χ0n) is 41.3. The van der Waals surface area contributed by atoms with Crippen LogP contribution >= 0.6 is 0 Å². The van der Waals surface area contributed by atoms with Crippen molar-refractivity contribution in [2.24, 2.45) is 42.0 Å². The lowest BCUT2D eigenvalue weighted by molar-refractivity contribution is -0.134. The average Bonchev–Trinajstić information content (AvgIpc) is 3.89. The summed E-state index contributed by atoms with van der Waals surface area (Å²) in [5.41, 5.74) is 18.7. The van der Waals surface area contributed by atoms with Crippen molar-refractivity contribution < 1.29 is 48.3 Å². The summed E-state index contributed by atoms with van der Waals surface area (Å²) in [6.07, 6.45) is 3.15. The van der Waals surface area contributed by atoms with Crippen LogP contribution in [0.25, 0.3) is 10.9 Å². The molecule has 9 amide bonds. The van der Waals surface area contributed by atoms with Crippen LogP contribution in [-0.2, 0) is 63.0 Å². The van der Waals surface area contributed by atoms with Gasteiger partial charge in [0.15, 0.2) is 0 Å². The molecule has 0 aliphatic rings. The van der Waals surface area contributed by atoms with E-state index in [9.17, 15) is 48.3 Å². The molecule has 0 saturated heterocycles. The van der Waals surface area contributed by atoms with Crippen molar-refractivity contribution in [2.45, 2.75) is 142 Å². The number of aliphatic hydroxyl groups is 1. The quantitative estimate of drug-likeness (QED) is 0.0371. The number of H-pyrrole nitrogens is 1. The summed E-state index contributed by atoms with van der Waals surface area (Å²) in [6, 6.07) is -0.620. The number of imidazole rings is 1. The van der Waals surface area contributed by atoms with Crippen molar-refractivity contribution >= 4 is 64.1 Å². The number of aliphatic hydroxyl groups excluding tert-OH is 1. The lowest BCUT2D eigenvalue weighted by Crippen LogP contribution is -2.59. The van der Waals surface area contributed by atoms with Gasteiger partial charge in [-0.25, -0.2) is 4.98 Å². The summed E-state index contributed by atoms with van der Waals surface area (Å²) in [7, 11) is 1.70. The number of hydrogen-bond acceptors (Lipinski definition) is 12. The summed E-state index contributed by atoms with van der Waals surface area (Å²) in [4.78, 5) is 125. The number of rotatable bonds is 29. The van der Waals surface area contributed by atoms with E-state index < -0.39 is 120 Å². The molecule has 8 atom stereocenters. The molecule has 0 unspecified atom stereocenters. The molecular formula is C47H73N13O10. The van der Waals surface area contributed by atoms with Crippen LogP contribution in [0.2, 0.25) is 0 Å². The van der Waals surface area contributed by atoms with E-state index in [4.69, 9.17) is 17.2 Å². The number of aromatic amines is 1. The number of nitrogens with one attached hydrogen (secondary N) is 8. The Morgan fingerprint density at radius 1 is 0.729 bits per heavy atom. The Morgan fingerprint density at radius 3 is 1.96 bits per heavy atom. The normalized spacial score (nSPS) is 14.9. The van der Waals surface area contributed by atoms with E-state index in [-0.39, 0.29) is 43.9 Å². The molecule has 1 aromatic carbocycles. The van der Waals surface area contributed by atoms with E-state index in [1.165, 1.54) is 19.4 Å². The van der Waals surface area contributed by atoms with Crippen molar-refractivity contribution in [3.8, 4) is 0 Å². The zero-order chi connectivity index (χ0) is 52.4. The van der Waals surface area contributed by atoms with E-state index in [0.29, 0.717) is 17.7 Å². The molecule has 2 aromatic heterocycles. The first-order valence-electron chi connectivity index (χ1n) is 23.5. The Bertz CT molecular complexity index is 2290. The molecule has 386 valence electrons. The van der Waals surface area contributed by atoms with E-state index >= 15 is 0 Å². The van der Waals surface area contributed by atoms with Gasteiger partial charge in [0, 0.05) is 55.3 Å². The maximum Gasteiger partial charge on any atom is 0.243 e. The van der Waals surface area contributed by atoms with Crippen LogP contribution in [-0.4, -0.2) is 128 Å². The lowest BCUT2D eigenvalue weighted by Gasteiger charge is -2.28. The topological polar surface area (TPSA) is 370 Å². The Hall–Kier alpha value is -6.88. The zero-order valence-corrected chi connectivity index (χ0v) is 41.3. The van der Waals surface area contributed by atoms with Gasteiger partial charge in [-0.05, 0) is 55.6 Å². The maximum atomic E-state index is 14.0. The SMILES string of the molecule is CC(C)C[C@H](NC(=O)C[C@H](O)[C@H](CC(C)C)NC(=O)[C@H](Cc1cncn1C)NC(=O)CNC(=O)[C@@H](NC(=O)[C@H](C)NC(=O)[C@H](Cc1c[nH]c2ccccc12)NC(=O)[C@@H](N)CCC(N)=O)C(C)C)C(N)=O. The number of benzene rings is 1. The van der Waals surface area contributed by atoms with Gasteiger partial charge in [-0.15, -0.1) is 0 Å². The van der Waals surface area contributed by atoms with Gasteiger partial charge >= 0.3 is 0 Å². The van der Waals surface area contributed by atoms with Crippen LogP contribution in [0.4, 0.5) is 0 Å². The minimum Gasteiger partial charge on any atom is -0.390 e. The molecule has 0 bridgehead atoms. The summed E-state index contributed by atoms with van der Waals surface area (Å²) in [6.45, 7) is 11.5. The van der Waals surface area contributed by atoms with Gasteiger partial charge in [0.1, 0.15) is 30.2 Å². The lowest BCUT2D eigenvalue weighted by atomic mass is 9.96. The average molecular weight is 980 g/mol. The Kier molecular flexibility index (Phi) is 22.4. The van der Waals surface area contributed by atoms with Gasteiger partial charge in [0.05, 0.1) is 37.5 Å². The molecule has 0 fully saturated rings. The van der Waals surface area contributed by atoms with E-state index in [1.807, 2.05) is 52.0 Å². The van der Waals surface area contributed by atoms with Crippen LogP contribution < -0.4 is 54.4 Å². The fourth-order valence-corrected chi connectivity index (χ4v) is 7.56. The Morgan fingerprint density at radius 2 is 1.36 bits per heavy atom. The molecule has 0 radical (unpaired) electrons. The maximum absolute atomic E-state index is 14.0. The first-order valence-corrected chi connectivity index (χ1v) is 23.5. The van der Waals surface area contributed by atoms with Gasteiger partial charge < -0.3 is 69.1 Å². The van der Waals surface area contributed by atoms with Crippen LogP contribution in [0.15, 0.2) is 43.0 Å². The third-order valence-electron chi connectivity index (χ3n) is 11.5. The Labute approximate surface area is 407 Å². The van der Waals surface area contributed by atoms with Gasteiger partial charge in [-0.1, -0.05) is 59.7 Å². The number of fused-ring (bicyclic) bond motifs is 1. The Balaban J connectivity index is 1.70. The van der Waals surface area contributed by atoms with Crippen molar-refractivity contribution in [1.82, 2.24) is 51.8 Å². The number of carbonyl (C=O) groups is 9. The summed E-state index contributed by atoms with van der Waals surface area (Å²) >= 11 is 0. The number of nitrogens with two attached hydrogens (primary N) is 3. The van der Waals surface area contributed by atoms with Gasteiger partial charge in [-0.2, -0.15) is 0 Å². The molecule has 2 heterocycles. The number of para-hydroxylation sites is 1. The predicted molar refractivity (Wildman–Crippen MR) is 259 cm³/mol. The van der Waals surface area contributed by atoms with Crippen LogP contribution in [0.1, 0.15) is 91.8 Å². The summed E-state index contributed by atoms with van der Waals surface area (Å²) in [5, 5.41) is 30.3. The second kappa shape index (κ2) is 27.3. The van der Waals surface area contributed by atoms with Crippen molar-refractivity contribution in [3.63, 3.8) is 0 Å². The number of hydrogen-bond donors (Lipinski definition) is 12. The molecule has 3 rings (SSSR count). The third-order valence-corrected chi connectivity index (χ3v) is 11.5. The molecule has 0 aliphatic carbocycles. The first kappa shape index (κ1) is 57.4. The van der Waals surface area contributed by atoms with Crippen LogP contribution in [0.3, 0.4) is 0 Å². The highest BCUT2D eigenvalue weighted by molar-refractivity contribution is 5.96. The van der Waals surface area contributed by atoms with E-state index in [1.54, 1.807) is 31.7 Å². The standard InChI is InChI=1S/C47H73N13O10/c1-24(2)15-33(37(61)19-39(63)55-34(42(50)65)16-25(3)4)57-46(69)36(18-29-21-51-23-60(29)8)56-40(64)22-53-47(70)41(26(5)6)59-43(66)27(7)54-45(68)35(58-44(67)31(48)13-14-38(49)62)17-28-20-52-32-12-10-9-11-30(28)32/h9-12,20-21,23-27,31,33-37,41,52,61H,13-19,22,48H2,1-8H3,(H2,49,62)(H2,50,65)(H,53,70)(H,54,68)(H,55,63)(H,56,64)(H,57,69)(H,58,67)(H,59,66)/t27-,31-,33-,34-,35-,36-,37-,41-/m0/s1. The second-order valence-corrected chi connectivity index (χ2v) is 18.9. The molecule has 70 heavy (non-hydrogen) atoms.